The fourth-order valence-corrected chi connectivity index (χ4v) is 5.34. The number of hydrogen-bond acceptors (Lipinski definition) is 5. The summed E-state index contributed by atoms with van der Waals surface area (Å²) < 4.78 is 12.3. The normalized spacial score (nSPS) is 45.3. The van der Waals surface area contributed by atoms with Gasteiger partial charge in [0.15, 0.2) is 0 Å². The lowest BCUT2D eigenvalue weighted by Gasteiger charge is -2.41. The van der Waals surface area contributed by atoms with Crippen LogP contribution in [0.5, 0.6) is 0 Å². The molecular weight excluding hydrogens is 332 g/mol. The van der Waals surface area contributed by atoms with Crippen molar-refractivity contribution in [2.24, 2.45) is 23.7 Å². The van der Waals surface area contributed by atoms with E-state index in [9.17, 15) is 15.0 Å². The van der Waals surface area contributed by atoms with Gasteiger partial charge in [-0.3, -0.25) is 4.79 Å². The van der Waals surface area contributed by atoms with Crippen LogP contribution < -0.4 is 0 Å². The Kier molecular flexibility index (Phi) is 6.46. The molecule has 2 heterocycles. The summed E-state index contributed by atoms with van der Waals surface area (Å²) in [6, 6.07) is 0. The summed E-state index contributed by atoms with van der Waals surface area (Å²) in [5.41, 5.74) is -1.74. The van der Waals surface area contributed by atoms with Crippen molar-refractivity contribution in [3.63, 3.8) is 0 Å². The number of hydrogen-bond donors (Lipinski definition) is 2. The molecule has 5 nitrogen and oxygen atoms in total. The van der Waals surface area contributed by atoms with Gasteiger partial charge in [0.25, 0.3) is 0 Å². The van der Waals surface area contributed by atoms with E-state index >= 15 is 0 Å². The number of aliphatic hydroxyl groups excluding tert-OH is 1. The first-order valence-electron chi connectivity index (χ1n) is 10.2. The molecule has 2 rings (SSSR count). The molecular formula is C21H38O5. The van der Waals surface area contributed by atoms with E-state index in [4.69, 9.17) is 9.47 Å². The second kappa shape index (κ2) is 7.76. The maximum atomic E-state index is 12.7. The number of aliphatic hydroxyl groups is 2. The maximum absolute atomic E-state index is 12.7. The van der Waals surface area contributed by atoms with Crippen molar-refractivity contribution >= 4 is 5.97 Å². The highest BCUT2D eigenvalue weighted by atomic mass is 16.6. The molecule has 26 heavy (non-hydrogen) atoms. The molecule has 2 bridgehead atoms. The first-order valence-corrected chi connectivity index (χ1v) is 10.2. The Morgan fingerprint density at radius 2 is 1.88 bits per heavy atom. The Hall–Kier alpha value is -0.650. The van der Waals surface area contributed by atoms with Crippen LogP contribution in [0.2, 0.25) is 0 Å². The molecule has 2 aliphatic heterocycles. The topological polar surface area (TPSA) is 76.0 Å². The largest absolute Gasteiger partial charge is 0.459 e. The molecule has 0 radical (unpaired) electrons. The van der Waals surface area contributed by atoms with E-state index < -0.39 is 17.8 Å². The van der Waals surface area contributed by atoms with Crippen LogP contribution in [-0.4, -0.2) is 45.7 Å². The highest BCUT2D eigenvalue weighted by Gasteiger charge is 2.52. The van der Waals surface area contributed by atoms with Crippen LogP contribution in [0.1, 0.15) is 74.1 Å². The second-order valence-corrected chi connectivity index (χ2v) is 9.53. The predicted octanol–water partition coefficient (Wildman–Crippen LogP) is 3.31. The third-order valence-corrected chi connectivity index (χ3v) is 6.55. The Balaban J connectivity index is 2.42. The highest BCUT2D eigenvalue weighted by Crippen LogP contribution is 2.45. The summed E-state index contributed by atoms with van der Waals surface area (Å²) in [6.45, 7) is 13.7. The first kappa shape index (κ1) is 21.6. The van der Waals surface area contributed by atoms with Gasteiger partial charge in [-0.05, 0) is 51.4 Å². The summed E-state index contributed by atoms with van der Waals surface area (Å²) in [6.07, 6.45) is 1.10. The summed E-state index contributed by atoms with van der Waals surface area (Å²) in [7, 11) is 0. The standard InChI is InChI=1S/C21H38O5/c1-8-16(22)21(7,24)18-15(5)17-14(4)11-20(6,26-17)10-12(2)9-13(3)19(23)25-18/h12-18,22,24H,8-11H2,1-7H3/t12-,13+,14?,15-,16+,17?,18+,20-,21+/m0/s1. The predicted molar refractivity (Wildman–Crippen MR) is 101 cm³/mol. The monoisotopic (exact) mass is 370 g/mol. The lowest BCUT2D eigenvalue weighted by atomic mass is 9.77. The van der Waals surface area contributed by atoms with Gasteiger partial charge in [-0.15, -0.1) is 0 Å². The van der Waals surface area contributed by atoms with Gasteiger partial charge in [0.2, 0.25) is 0 Å². The van der Waals surface area contributed by atoms with Crippen LogP contribution >= 0.6 is 0 Å². The molecule has 2 unspecified atom stereocenters. The Morgan fingerprint density at radius 1 is 1.27 bits per heavy atom. The Labute approximate surface area is 158 Å². The molecule has 0 aromatic carbocycles. The molecule has 2 fully saturated rings. The zero-order valence-electron chi connectivity index (χ0n) is 17.5. The zero-order chi connectivity index (χ0) is 19.9. The SMILES string of the molecule is CC[C@@H](O)[C@@](C)(O)[C@@H]1OC(=O)[C@H](C)C[C@H](C)C[C@@]2(C)CC(C)C(O2)[C@@H]1C. The van der Waals surface area contributed by atoms with Gasteiger partial charge in [0.1, 0.15) is 11.7 Å². The average molecular weight is 371 g/mol. The molecule has 0 spiro atoms. The van der Waals surface area contributed by atoms with E-state index in [1.54, 1.807) is 6.92 Å². The minimum atomic E-state index is -1.52. The minimum absolute atomic E-state index is 0.117. The number of ether oxygens (including phenoxy) is 2. The zero-order valence-corrected chi connectivity index (χ0v) is 17.5. The van der Waals surface area contributed by atoms with Crippen LogP contribution in [0.15, 0.2) is 0 Å². The maximum Gasteiger partial charge on any atom is 0.309 e. The van der Waals surface area contributed by atoms with Gasteiger partial charge in [-0.2, -0.15) is 0 Å². The van der Waals surface area contributed by atoms with Crippen LogP contribution in [-0.2, 0) is 14.3 Å². The van der Waals surface area contributed by atoms with Crippen molar-refractivity contribution in [2.45, 2.75) is 104 Å². The van der Waals surface area contributed by atoms with Gasteiger partial charge in [0, 0.05) is 5.92 Å². The van der Waals surface area contributed by atoms with Crippen molar-refractivity contribution in [1.29, 1.82) is 0 Å². The van der Waals surface area contributed by atoms with Crippen molar-refractivity contribution < 1.29 is 24.5 Å². The van der Waals surface area contributed by atoms with Crippen molar-refractivity contribution in [3.8, 4) is 0 Å². The lowest BCUT2D eigenvalue weighted by Crippen LogP contribution is -2.56. The number of cyclic esters (lactones) is 1. The smallest absolute Gasteiger partial charge is 0.309 e. The van der Waals surface area contributed by atoms with E-state index in [0.29, 0.717) is 18.3 Å². The molecule has 9 atom stereocenters. The van der Waals surface area contributed by atoms with E-state index in [0.717, 1.165) is 19.3 Å². The number of carbonyl (C=O) groups excluding carboxylic acids is 1. The summed E-state index contributed by atoms with van der Waals surface area (Å²) in [5.74, 6) is -0.107. The fourth-order valence-electron chi connectivity index (χ4n) is 5.34. The van der Waals surface area contributed by atoms with Crippen LogP contribution in [0, 0.1) is 23.7 Å². The third kappa shape index (κ3) is 4.26. The summed E-state index contributed by atoms with van der Waals surface area (Å²) in [4.78, 5) is 12.7. The molecule has 0 aromatic rings. The van der Waals surface area contributed by atoms with Gasteiger partial charge in [-0.1, -0.05) is 34.6 Å². The Morgan fingerprint density at radius 3 is 2.46 bits per heavy atom. The molecule has 0 aromatic heterocycles. The molecule has 152 valence electrons. The quantitative estimate of drug-likeness (QED) is 0.746. The van der Waals surface area contributed by atoms with Crippen LogP contribution in [0.25, 0.3) is 0 Å². The first-order chi connectivity index (χ1) is 11.9. The van der Waals surface area contributed by atoms with Crippen LogP contribution in [0.4, 0.5) is 0 Å². The van der Waals surface area contributed by atoms with Gasteiger partial charge >= 0.3 is 5.97 Å². The van der Waals surface area contributed by atoms with E-state index in [1.807, 2.05) is 20.8 Å². The number of fused-ring (bicyclic) bond motifs is 2. The molecule has 2 saturated heterocycles. The van der Waals surface area contributed by atoms with Crippen molar-refractivity contribution in [3.05, 3.63) is 0 Å². The lowest BCUT2D eigenvalue weighted by molar-refractivity contribution is -0.202. The Bertz CT molecular complexity index is 505. The average Bonchev–Trinajstić information content (AvgIpc) is 2.83. The molecule has 5 heteroatoms. The summed E-state index contributed by atoms with van der Waals surface area (Å²) >= 11 is 0. The highest BCUT2D eigenvalue weighted by molar-refractivity contribution is 5.72. The minimum Gasteiger partial charge on any atom is -0.459 e. The van der Waals surface area contributed by atoms with Gasteiger partial charge in [0.05, 0.1) is 23.7 Å². The van der Waals surface area contributed by atoms with E-state index in [2.05, 4.69) is 20.8 Å². The van der Waals surface area contributed by atoms with Crippen LogP contribution in [0.3, 0.4) is 0 Å². The van der Waals surface area contributed by atoms with Gasteiger partial charge in [-0.25, -0.2) is 0 Å². The van der Waals surface area contributed by atoms with Crippen molar-refractivity contribution in [1.82, 2.24) is 0 Å². The molecule has 2 aliphatic rings. The molecule has 0 amide bonds. The molecule has 2 N–H and O–H groups in total. The van der Waals surface area contributed by atoms with Gasteiger partial charge < -0.3 is 19.7 Å². The number of carbonyl (C=O) groups is 1. The molecule has 0 aliphatic carbocycles. The third-order valence-electron chi connectivity index (χ3n) is 6.55. The fraction of sp³-hybridized carbons (Fsp3) is 0.952. The molecule has 0 saturated carbocycles. The second-order valence-electron chi connectivity index (χ2n) is 9.53. The number of esters is 1. The van der Waals surface area contributed by atoms with E-state index in [1.165, 1.54) is 0 Å². The van der Waals surface area contributed by atoms with Crippen molar-refractivity contribution in [2.75, 3.05) is 0 Å². The number of rotatable bonds is 3. The van der Waals surface area contributed by atoms with E-state index in [-0.39, 0.29) is 29.5 Å². The summed E-state index contributed by atoms with van der Waals surface area (Å²) in [5, 5.41) is 21.5.